The van der Waals surface area contributed by atoms with Gasteiger partial charge in [0.15, 0.2) is 0 Å². The predicted octanol–water partition coefficient (Wildman–Crippen LogP) is 3.39. The van der Waals surface area contributed by atoms with E-state index in [0.717, 1.165) is 16.9 Å². The van der Waals surface area contributed by atoms with Gasteiger partial charge in [-0.2, -0.15) is 0 Å². The van der Waals surface area contributed by atoms with Gasteiger partial charge in [0.1, 0.15) is 10.8 Å². The van der Waals surface area contributed by atoms with Crippen LogP contribution in [-0.2, 0) is 6.54 Å². The van der Waals surface area contributed by atoms with E-state index in [-0.39, 0.29) is 5.91 Å². The predicted molar refractivity (Wildman–Crippen MR) is 89.1 cm³/mol. The average molecular weight is 325 g/mol. The van der Waals surface area contributed by atoms with Crippen molar-refractivity contribution in [3.05, 3.63) is 66.3 Å². The van der Waals surface area contributed by atoms with Gasteiger partial charge < -0.3 is 9.73 Å². The molecule has 0 radical (unpaired) electrons. The van der Waals surface area contributed by atoms with Crippen LogP contribution in [0.4, 0.5) is 0 Å². The van der Waals surface area contributed by atoms with Crippen LogP contribution in [0, 0.1) is 0 Å². The first-order chi connectivity index (χ1) is 11.3. The van der Waals surface area contributed by atoms with Crippen LogP contribution in [0.5, 0.6) is 0 Å². The third-order valence-electron chi connectivity index (χ3n) is 3.26. The van der Waals surface area contributed by atoms with Crippen molar-refractivity contribution in [1.29, 1.82) is 0 Å². The van der Waals surface area contributed by atoms with E-state index in [1.165, 1.54) is 11.8 Å². The standard InChI is InChI=1S/C17H15N3O2S/c1-23-17-14(4-2-6-19-17)16(21)20-10-12-8-13(11-18-9-12)15-5-3-7-22-15/h2-9,11H,10H2,1H3,(H,20,21). The molecule has 5 nitrogen and oxygen atoms in total. The van der Waals surface area contributed by atoms with Gasteiger partial charge in [-0.05, 0) is 42.2 Å². The first kappa shape index (κ1) is 15.3. The number of furan rings is 1. The maximum atomic E-state index is 12.3. The number of amides is 1. The molecule has 0 aliphatic rings. The van der Waals surface area contributed by atoms with Crippen LogP contribution < -0.4 is 5.32 Å². The molecule has 0 aromatic carbocycles. The molecule has 3 rings (SSSR count). The van der Waals surface area contributed by atoms with E-state index in [1.807, 2.05) is 24.5 Å². The first-order valence-electron chi connectivity index (χ1n) is 7.03. The minimum absolute atomic E-state index is 0.147. The monoisotopic (exact) mass is 325 g/mol. The molecule has 0 aliphatic carbocycles. The lowest BCUT2D eigenvalue weighted by atomic mass is 10.1. The second-order valence-corrected chi connectivity index (χ2v) is 5.60. The summed E-state index contributed by atoms with van der Waals surface area (Å²) in [6, 6.07) is 9.18. The Bertz CT molecular complexity index is 803. The number of nitrogens with zero attached hydrogens (tertiary/aromatic N) is 2. The number of carbonyl (C=O) groups excluding carboxylic acids is 1. The van der Waals surface area contributed by atoms with E-state index in [4.69, 9.17) is 4.42 Å². The molecule has 6 heteroatoms. The van der Waals surface area contributed by atoms with Crippen LogP contribution in [0.2, 0.25) is 0 Å². The summed E-state index contributed by atoms with van der Waals surface area (Å²) in [6.07, 6.45) is 8.66. The highest BCUT2D eigenvalue weighted by Gasteiger charge is 2.11. The number of hydrogen-bond donors (Lipinski definition) is 1. The van der Waals surface area contributed by atoms with Crippen molar-refractivity contribution in [1.82, 2.24) is 15.3 Å². The minimum Gasteiger partial charge on any atom is -0.464 e. The van der Waals surface area contributed by atoms with Gasteiger partial charge in [0.25, 0.3) is 5.91 Å². The Morgan fingerprint density at radius 1 is 1.30 bits per heavy atom. The lowest BCUT2D eigenvalue weighted by Gasteiger charge is -2.08. The van der Waals surface area contributed by atoms with Gasteiger partial charge in [0.2, 0.25) is 0 Å². The number of nitrogens with one attached hydrogen (secondary N) is 1. The summed E-state index contributed by atoms with van der Waals surface area (Å²) >= 11 is 1.45. The number of pyridine rings is 2. The zero-order valence-corrected chi connectivity index (χ0v) is 13.3. The fourth-order valence-corrected chi connectivity index (χ4v) is 2.71. The quantitative estimate of drug-likeness (QED) is 0.728. The van der Waals surface area contributed by atoms with Crippen LogP contribution in [-0.4, -0.2) is 22.1 Å². The molecule has 0 aliphatic heterocycles. The van der Waals surface area contributed by atoms with Crippen molar-refractivity contribution < 1.29 is 9.21 Å². The van der Waals surface area contributed by atoms with E-state index < -0.39 is 0 Å². The van der Waals surface area contributed by atoms with E-state index in [1.54, 1.807) is 37.0 Å². The molecule has 0 atom stereocenters. The van der Waals surface area contributed by atoms with Crippen LogP contribution in [0.1, 0.15) is 15.9 Å². The van der Waals surface area contributed by atoms with Crippen molar-refractivity contribution in [2.75, 3.05) is 6.26 Å². The van der Waals surface area contributed by atoms with Gasteiger partial charge in [-0.3, -0.25) is 9.78 Å². The second-order valence-electron chi connectivity index (χ2n) is 4.80. The molecule has 0 saturated heterocycles. The molecule has 3 aromatic rings. The molecule has 0 unspecified atom stereocenters. The highest BCUT2D eigenvalue weighted by molar-refractivity contribution is 7.98. The molecule has 1 N–H and O–H groups in total. The Morgan fingerprint density at radius 3 is 3.00 bits per heavy atom. The minimum atomic E-state index is -0.147. The van der Waals surface area contributed by atoms with Gasteiger partial charge in [-0.1, -0.05) is 0 Å². The summed E-state index contributed by atoms with van der Waals surface area (Å²) in [6.45, 7) is 0.392. The van der Waals surface area contributed by atoms with Gasteiger partial charge in [-0.15, -0.1) is 11.8 Å². The van der Waals surface area contributed by atoms with E-state index in [0.29, 0.717) is 17.1 Å². The second kappa shape index (κ2) is 7.11. The third-order valence-corrected chi connectivity index (χ3v) is 3.97. The highest BCUT2D eigenvalue weighted by Crippen LogP contribution is 2.20. The maximum Gasteiger partial charge on any atom is 0.254 e. The fourth-order valence-electron chi connectivity index (χ4n) is 2.17. The molecule has 0 saturated carbocycles. The van der Waals surface area contributed by atoms with Crippen LogP contribution in [0.3, 0.4) is 0 Å². The number of hydrogen-bond acceptors (Lipinski definition) is 5. The molecule has 3 aromatic heterocycles. The Morgan fingerprint density at radius 2 is 2.22 bits per heavy atom. The summed E-state index contributed by atoms with van der Waals surface area (Å²) in [5.74, 6) is 0.605. The zero-order chi connectivity index (χ0) is 16.1. The molecule has 23 heavy (non-hydrogen) atoms. The molecule has 0 bridgehead atoms. The van der Waals surface area contributed by atoms with Gasteiger partial charge in [0, 0.05) is 30.7 Å². The van der Waals surface area contributed by atoms with E-state index in [2.05, 4.69) is 15.3 Å². The van der Waals surface area contributed by atoms with E-state index in [9.17, 15) is 4.79 Å². The topological polar surface area (TPSA) is 68.0 Å². The van der Waals surface area contributed by atoms with E-state index >= 15 is 0 Å². The molecule has 3 heterocycles. The largest absolute Gasteiger partial charge is 0.464 e. The SMILES string of the molecule is CSc1ncccc1C(=O)NCc1cncc(-c2ccco2)c1. The molecular formula is C17H15N3O2S. The van der Waals surface area contributed by atoms with Crippen molar-refractivity contribution in [3.8, 4) is 11.3 Å². The normalized spacial score (nSPS) is 10.5. The van der Waals surface area contributed by atoms with Gasteiger partial charge in [-0.25, -0.2) is 4.98 Å². The Balaban J connectivity index is 1.71. The van der Waals surface area contributed by atoms with Gasteiger partial charge >= 0.3 is 0 Å². The first-order valence-corrected chi connectivity index (χ1v) is 8.25. The summed E-state index contributed by atoms with van der Waals surface area (Å²) in [4.78, 5) is 20.7. The third kappa shape index (κ3) is 3.60. The Labute approximate surface area is 138 Å². The van der Waals surface area contributed by atoms with Crippen molar-refractivity contribution in [2.24, 2.45) is 0 Å². The van der Waals surface area contributed by atoms with Crippen LogP contribution in [0.15, 0.2) is 64.6 Å². The lowest BCUT2D eigenvalue weighted by molar-refractivity contribution is 0.0947. The zero-order valence-electron chi connectivity index (χ0n) is 12.5. The molecule has 1 amide bonds. The number of aromatic nitrogens is 2. The van der Waals surface area contributed by atoms with Crippen molar-refractivity contribution in [3.63, 3.8) is 0 Å². The fraction of sp³-hybridized carbons (Fsp3) is 0.118. The summed E-state index contributed by atoms with van der Waals surface area (Å²) in [5, 5.41) is 3.61. The molecule has 116 valence electrons. The number of rotatable bonds is 5. The van der Waals surface area contributed by atoms with Crippen LogP contribution in [0.25, 0.3) is 11.3 Å². The van der Waals surface area contributed by atoms with Crippen molar-refractivity contribution >= 4 is 17.7 Å². The Hall–Kier alpha value is -2.60. The molecular weight excluding hydrogens is 310 g/mol. The van der Waals surface area contributed by atoms with Crippen molar-refractivity contribution in [2.45, 2.75) is 11.6 Å². The lowest BCUT2D eigenvalue weighted by Crippen LogP contribution is -2.23. The maximum absolute atomic E-state index is 12.3. The summed E-state index contributed by atoms with van der Waals surface area (Å²) in [7, 11) is 0. The average Bonchev–Trinajstić information content (AvgIpc) is 3.14. The number of thioether (sulfide) groups is 1. The summed E-state index contributed by atoms with van der Waals surface area (Å²) < 4.78 is 5.36. The van der Waals surface area contributed by atoms with Gasteiger partial charge in [0.05, 0.1) is 11.8 Å². The summed E-state index contributed by atoms with van der Waals surface area (Å²) in [5.41, 5.74) is 2.37. The van der Waals surface area contributed by atoms with Crippen LogP contribution >= 0.6 is 11.8 Å². The smallest absolute Gasteiger partial charge is 0.254 e. The number of carbonyl (C=O) groups is 1. The highest BCUT2D eigenvalue weighted by atomic mass is 32.2. The Kier molecular flexibility index (Phi) is 4.73. The molecule has 0 spiro atoms. The molecule has 0 fully saturated rings.